The second-order valence-electron chi connectivity index (χ2n) is 10.1. The Bertz CT molecular complexity index is 1360. The molecule has 2 aliphatic rings. The molecule has 3 aromatic rings. The highest BCUT2D eigenvalue weighted by atomic mass is 16.5. The Labute approximate surface area is 234 Å². The van der Waals surface area contributed by atoms with Crippen molar-refractivity contribution < 1.29 is 23.8 Å². The van der Waals surface area contributed by atoms with E-state index in [1.165, 1.54) is 14.2 Å². The minimum atomic E-state index is -0.669. The minimum Gasteiger partial charge on any atom is -0.493 e. The molecule has 0 spiro atoms. The molecule has 0 unspecified atom stereocenters. The fourth-order valence-electron chi connectivity index (χ4n) is 5.66. The van der Waals surface area contributed by atoms with Crippen molar-refractivity contribution in [3.8, 4) is 23.3 Å². The molecule has 0 radical (unpaired) electrons. The molecule has 0 bridgehead atoms. The third kappa shape index (κ3) is 5.46. The van der Waals surface area contributed by atoms with Crippen LogP contribution in [0, 0.1) is 11.3 Å². The molecule has 0 aliphatic carbocycles. The lowest BCUT2D eigenvalue weighted by Crippen LogP contribution is -2.49. The van der Waals surface area contributed by atoms with E-state index >= 15 is 0 Å². The maximum Gasteiger partial charge on any atom is 0.254 e. The Kier molecular flexibility index (Phi) is 8.20. The highest BCUT2D eigenvalue weighted by Gasteiger charge is 2.44. The fourth-order valence-corrected chi connectivity index (χ4v) is 5.66. The van der Waals surface area contributed by atoms with Gasteiger partial charge in [0.25, 0.3) is 5.91 Å². The highest BCUT2D eigenvalue weighted by Crippen LogP contribution is 2.41. The van der Waals surface area contributed by atoms with Gasteiger partial charge in [0.15, 0.2) is 11.5 Å². The van der Waals surface area contributed by atoms with Crippen LogP contribution in [-0.2, 0) is 11.4 Å². The summed E-state index contributed by atoms with van der Waals surface area (Å²) >= 11 is 0. The summed E-state index contributed by atoms with van der Waals surface area (Å²) < 4.78 is 17.3. The number of likely N-dealkylation sites (tertiary alicyclic amines) is 2. The Morgan fingerprint density at radius 2 is 1.60 bits per heavy atom. The molecule has 5 rings (SSSR count). The summed E-state index contributed by atoms with van der Waals surface area (Å²) in [5.41, 5.74) is 2.40. The lowest BCUT2D eigenvalue weighted by molar-refractivity contribution is -0.135. The molecule has 0 aromatic heterocycles. The second-order valence-corrected chi connectivity index (χ2v) is 10.1. The van der Waals surface area contributed by atoms with Crippen LogP contribution in [0.25, 0.3) is 0 Å². The fraction of sp³-hybridized carbons (Fsp3) is 0.344. The van der Waals surface area contributed by atoms with Gasteiger partial charge in [-0.1, -0.05) is 60.7 Å². The average Bonchev–Trinajstić information content (AvgIpc) is 3.68. The number of rotatable bonds is 8. The number of carbonyl (C=O) groups is 2. The van der Waals surface area contributed by atoms with Crippen LogP contribution in [0.2, 0.25) is 0 Å². The van der Waals surface area contributed by atoms with Crippen LogP contribution in [0.15, 0.2) is 72.8 Å². The van der Waals surface area contributed by atoms with Crippen molar-refractivity contribution in [1.29, 1.82) is 5.26 Å². The molecule has 3 atom stereocenters. The van der Waals surface area contributed by atoms with Gasteiger partial charge in [0.1, 0.15) is 18.7 Å². The minimum absolute atomic E-state index is 0.000455. The quantitative estimate of drug-likeness (QED) is 0.409. The summed E-state index contributed by atoms with van der Waals surface area (Å²) in [5, 5.41) is 9.60. The number of hydrogen-bond acceptors (Lipinski definition) is 6. The number of nitriles is 1. The first-order valence-electron chi connectivity index (χ1n) is 13.5. The molecule has 0 N–H and O–H groups in total. The van der Waals surface area contributed by atoms with Crippen molar-refractivity contribution >= 4 is 11.8 Å². The van der Waals surface area contributed by atoms with Crippen LogP contribution in [0.5, 0.6) is 17.2 Å². The van der Waals surface area contributed by atoms with Gasteiger partial charge < -0.3 is 24.0 Å². The molecule has 8 nitrogen and oxygen atoms in total. The van der Waals surface area contributed by atoms with Crippen molar-refractivity contribution in [2.75, 3.05) is 27.3 Å². The maximum absolute atomic E-state index is 14.1. The zero-order valence-electron chi connectivity index (χ0n) is 22.8. The van der Waals surface area contributed by atoms with Crippen LogP contribution < -0.4 is 14.2 Å². The predicted molar refractivity (Wildman–Crippen MR) is 149 cm³/mol. The first-order valence-corrected chi connectivity index (χ1v) is 13.5. The molecule has 2 heterocycles. The zero-order chi connectivity index (χ0) is 28.1. The van der Waals surface area contributed by atoms with E-state index in [1.807, 2.05) is 60.7 Å². The number of hydrogen-bond donors (Lipinski definition) is 0. The van der Waals surface area contributed by atoms with E-state index in [9.17, 15) is 14.9 Å². The normalized spacial score (nSPS) is 20.2. The molecule has 8 heteroatoms. The van der Waals surface area contributed by atoms with Crippen molar-refractivity contribution in [3.05, 3.63) is 89.5 Å². The summed E-state index contributed by atoms with van der Waals surface area (Å²) in [7, 11) is 3.03. The topological polar surface area (TPSA) is 92.1 Å². The zero-order valence-corrected chi connectivity index (χ0v) is 22.8. The number of ether oxygens (including phenoxy) is 3. The van der Waals surface area contributed by atoms with Gasteiger partial charge in [-0.05, 0) is 42.5 Å². The molecule has 2 fully saturated rings. The Morgan fingerprint density at radius 1 is 0.950 bits per heavy atom. The van der Waals surface area contributed by atoms with E-state index < -0.39 is 12.1 Å². The molecule has 0 saturated carbocycles. The van der Waals surface area contributed by atoms with Crippen LogP contribution >= 0.6 is 0 Å². The molecular formula is C32H33N3O5. The molecule has 40 heavy (non-hydrogen) atoms. The maximum atomic E-state index is 14.1. The lowest BCUT2D eigenvalue weighted by atomic mass is 9.96. The van der Waals surface area contributed by atoms with Crippen molar-refractivity contribution in [3.63, 3.8) is 0 Å². The van der Waals surface area contributed by atoms with Gasteiger partial charge in [-0.2, -0.15) is 5.26 Å². The van der Waals surface area contributed by atoms with Crippen LogP contribution in [0.4, 0.5) is 0 Å². The van der Waals surface area contributed by atoms with Gasteiger partial charge in [0, 0.05) is 24.6 Å². The number of methoxy groups -OCH3 is 2. The van der Waals surface area contributed by atoms with Gasteiger partial charge in [-0.25, -0.2) is 0 Å². The van der Waals surface area contributed by atoms with Gasteiger partial charge in [0.2, 0.25) is 11.7 Å². The van der Waals surface area contributed by atoms with Gasteiger partial charge >= 0.3 is 0 Å². The largest absolute Gasteiger partial charge is 0.493 e. The van der Waals surface area contributed by atoms with E-state index in [1.54, 1.807) is 21.9 Å². The summed E-state index contributed by atoms with van der Waals surface area (Å²) in [4.78, 5) is 31.1. The summed E-state index contributed by atoms with van der Waals surface area (Å²) in [6.07, 6.45) is 1.94. The SMILES string of the molecule is COc1cc(C(=O)N2C[C@H](c3ccccc3)C[C@H]2C(=O)N2CCC[C@H]2C#N)cc(OC)c1OCc1ccccc1. The van der Waals surface area contributed by atoms with E-state index in [4.69, 9.17) is 14.2 Å². The second kappa shape index (κ2) is 12.1. The van der Waals surface area contributed by atoms with E-state index in [2.05, 4.69) is 6.07 Å². The molecule has 2 aliphatic heterocycles. The molecule has 2 saturated heterocycles. The highest BCUT2D eigenvalue weighted by molar-refractivity contribution is 5.99. The third-order valence-electron chi connectivity index (χ3n) is 7.74. The predicted octanol–water partition coefficient (Wildman–Crippen LogP) is 4.80. The van der Waals surface area contributed by atoms with Gasteiger partial charge in [0.05, 0.1) is 20.3 Å². The Balaban J connectivity index is 1.45. The van der Waals surface area contributed by atoms with Gasteiger partial charge in [-0.15, -0.1) is 0 Å². The number of amides is 2. The standard InChI is InChI=1S/C32H33N3O5/c1-38-28-17-24(18-29(39-2)30(28)40-21-22-10-5-3-6-11-22)31(36)35-20-25(23-12-7-4-8-13-23)16-27(35)32(37)34-15-9-14-26(34)19-33/h3-8,10-13,17-18,25-27H,9,14-16,20-21H2,1-2H3/t25-,26+,27+/m1/s1. The Hall–Kier alpha value is -4.51. The van der Waals surface area contributed by atoms with Crippen molar-refractivity contribution in [2.45, 2.75) is 43.9 Å². The van der Waals surface area contributed by atoms with Gasteiger partial charge in [-0.3, -0.25) is 9.59 Å². The smallest absolute Gasteiger partial charge is 0.254 e. The summed E-state index contributed by atoms with van der Waals surface area (Å²) in [6, 6.07) is 24.1. The number of benzene rings is 3. The van der Waals surface area contributed by atoms with E-state index in [0.29, 0.717) is 55.4 Å². The average molecular weight is 540 g/mol. The van der Waals surface area contributed by atoms with Crippen molar-refractivity contribution in [2.24, 2.45) is 0 Å². The molecule has 2 amide bonds. The van der Waals surface area contributed by atoms with Crippen LogP contribution in [-0.4, -0.2) is 61.0 Å². The third-order valence-corrected chi connectivity index (χ3v) is 7.74. The Morgan fingerprint density at radius 3 is 2.23 bits per heavy atom. The summed E-state index contributed by atoms with van der Waals surface area (Å²) in [5.74, 6) is 0.664. The number of carbonyl (C=O) groups excluding carboxylic acids is 2. The summed E-state index contributed by atoms with van der Waals surface area (Å²) in [6.45, 7) is 1.22. The van der Waals surface area contributed by atoms with E-state index in [0.717, 1.165) is 17.5 Å². The van der Waals surface area contributed by atoms with E-state index in [-0.39, 0.29) is 17.7 Å². The first kappa shape index (κ1) is 27.1. The lowest BCUT2D eigenvalue weighted by Gasteiger charge is -2.29. The van der Waals surface area contributed by atoms with Crippen molar-refractivity contribution in [1.82, 2.24) is 9.80 Å². The molecular weight excluding hydrogens is 506 g/mol. The van der Waals surface area contributed by atoms with Crippen LogP contribution in [0.3, 0.4) is 0 Å². The molecule has 206 valence electrons. The van der Waals surface area contributed by atoms with Crippen LogP contribution in [0.1, 0.15) is 46.7 Å². The first-order chi connectivity index (χ1) is 19.5. The number of nitrogens with zero attached hydrogens (tertiary/aromatic N) is 3. The molecule has 3 aromatic carbocycles. The monoisotopic (exact) mass is 539 g/mol.